The van der Waals surface area contributed by atoms with Gasteiger partial charge in [-0.15, -0.1) is 0 Å². The molecule has 0 saturated heterocycles. The number of halogens is 1. The minimum Gasteiger partial charge on any atom is -0.369 e. The Bertz CT molecular complexity index is 601. The predicted octanol–water partition coefficient (Wildman–Crippen LogP) is 3.13. The van der Waals surface area contributed by atoms with E-state index in [4.69, 9.17) is 5.10 Å². The molecule has 0 saturated carbocycles. The second-order valence-corrected chi connectivity index (χ2v) is 6.06. The summed E-state index contributed by atoms with van der Waals surface area (Å²) < 4.78 is 5.19. The molecular formula is C14H20BrN5. The predicted molar refractivity (Wildman–Crippen MR) is 83.0 cm³/mol. The summed E-state index contributed by atoms with van der Waals surface area (Å²) in [6.45, 7) is 3.17. The molecule has 108 valence electrons. The molecule has 1 N–H and O–H groups in total. The van der Waals surface area contributed by atoms with E-state index in [1.807, 2.05) is 17.9 Å². The molecule has 0 fully saturated rings. The molecule has 6 heteroatoms. The highest BCUT2D eigenvalue weighted by Gasteiger charge is 2.27. The van der Waals surface area contributed by atoms with Gasteiger partial charge in [-0.25, -0.2) is 4.68 Å². The number of unbranched alkanes of at least 4 members (excludes halogenated alkanes) is 1. The first-order valence-corrected chi connectivity index (χ1v) is 8.00. The van der Waals surface area contributed by atoms with Gasteiger partial charge in [0.25, 0.3) is 0 Å². The summed E-state index contributed by atoms with van der Waals surface area (Å²) in [5.74, 6) is 1.11. The number of nitrogens with one attached hydrogen (secondary N) is 1. The van der Waals surface area contributed by atoms with Crippen LogP contribution in [0.2, 0.25) is 0 Å². The molecular weight excluding hydrogens is 318 g/mol. The zero-order chi connectivity index (χ0) is 14.1. The lowest BCUT2D eigenvalue weighted by Crippen LogP contribution is -2.26. The minimum absolute atomic E-state index is 0.269. The molecule has 1 unspecified atom stereocenters. The van der Waals surface area contributed by atoms with Crippen molar-refractivity contribution in [1.82, 2.24) is 19.6 Å². The summed E-state index contributed by atoms with van der Waals surface area (Å²) in [7, 11) is 1.99. The van der Waals surface area contributed by atoms with E-state index in [0.29, 0.717) is 0 Å². The van der Waals surface area contributed by atoms with Gasteiger partial charge < -0.3 is 5.32 Å². The van der Waals surface area contributed by atoms with Crippen molar-refractivity contribution in [3.8, 4) is 0 Å². The van der Waals surface area contributed by atoms with Crippen LogP contribution in [0.25, 0.3) is 0 Å². The number of anilines is 1. The van der Waals surface area contributed by atoms with Gasteiger partial charge in [-0.1, -0.05) is 13.3 Å². The second-order valence-electron chi connectivity index (χ2n) is 5.27. The van der Waals surface area contributed by atoms with Gasteiger partial charge in [-0.3, -0.25) is 4.68 Å². The Hall–Kier alpha value is -1.30. The summed E-state index contributed by atoms with van der Waals surface area (Å²) >= 11 is 3.71. The van der Waals surface area contributed by atoms with E-state index >= 15 is 0 Å². The molecule has 2 aromatic heterocycles. The molecule has 0 spiro atoms. The first-order chi connectivity index (χ1) is 9.72. The van der Waals surface area contributed by atoms with Gasteiger partial charge in [0.2, 0.25) is 0 Å². The van der Waals surface area contributed by atoms with Crippen molar-refractivity contribution < 1.29 is 0 Å². The van der Waals surface area contributed by atoms with Crippen molar-refractivity contribution >= 4 is 21.7 Å². The van der Waals surface area contributed by atoms with Crippen LogP contribution in [0.15, 0.2) is 16.7 Å². The number of hydrogen-bond donors (Lipinski definition) is 1. The standard InChI is InChI=1S/C14H20BrN5/c1-3-4-5-10-13(15)14-16-8-6-12(20(14)18-10)11-7-9-17-19(11)2/h7,9,12,16H,3-6,8H2,1-2H3. The van der Waals surface area contributed by atoms with E-state index in [0.717, 1.165) is 35.4 Å². The number of hydrogen-bond acceptors (Lipinski definition) is 3. The van der Waals surface area contributed by atoms with Gasteiger partial charge >= 0.3 is 0 Å². The van der Waals surface area contributed by atoms with E-state index in [2.05, 4.69) is 44.0 Å². The fourth-order valence-electron chi connectivity index (χ4n) is 2.78. The fraction of sp³-hybridized carbons (Fsp3) is 0.571. The van der Waals surface area contributed by atoms with Gasteiger partial charge in [0.1, 0.15) is 5.82 Å². The van der Waals surface area contributed by atoms with Crippen LogP contribution in [0.1, 0.15) is 43.6 Å². The third-order valence-electron chi connectivity index (χ3n) is 3.89. The largest absolute Gasteiger partial charge is 0.369 e. The van der Waals surface area contributed by atoms with E-state index in [9.17, 15) is 0 Å². The van der Waals surface area contributed by atoms with Gasteiger partial charge in [-0.2, -0.15) is 10.2 Å². The van der Waals surface area contributed by atoms with Crippen LogP contribution in [0.4, 0.5) is 5.82 Å². The number of aryl methyl sites for hydroxylation is 2. The van der Waals surface area contributed by atoms with Crippen LogP contribution in [-0.4, -0.2) is 26.1 Å². The smallest absolute Gasteiger partial charge is 0.139 e. The van der Waals surface area contributed by atoms with Crippen molar-refractivity contribution in [3.05, 3.63) is 28.1 Å². The van der Waals surface area contributed by atoms with Gasteiger partial charge in [0.15, 0.2) is 0 Å². The molecule has 0 aliphatic carbocycles. The lowest BCUT2D eigenvalue weighted by Gasteiger charge is -2.25. The zero-order valence-electron chi connectivity index (χ0n) is 11.9. The summed E-state index contributed by atoms with van der Waals surface area (Å²) in [5, 5.41) is 12.6. The summed E-state index contributed by atoms with van der Waals surface area (Å²) in [5.41, 5.74) is 2.37. The van der Waals surface area contributed by atoms with Gasteiger partial charge in [-0.05, 0) is 41.3 Å². The molecule has 1 aliphatic heterocycles. The molecule has 2 aromatic rings. The van der Waals surface area contributed by atoms with Crippen molar-refractivity contribution in [1.29, 1.82) is 0 Å². The van der Waals surface area contributed by atoms with Crippen LogP contribution in [0, 0.1) is 0 Å². The highest BCUT2D eigenvalue weighted by Crippen LogP contribution is 2.36. The Morgan fingerprint density at radius 3 is 3.05 bits per heavy atom. The third-order valence-corrected chi connectivity index (χ3v) is 4.72. The van der Waals surface area contributed by atoms with Crippen LogP contribution in [0.5, 0.6) is 0 Å². The Balaban J connectivity index is 1.98. The first-order valence-electron chi connectivity index (χ1n) is 7.21. The summed E-state index contributed by atoms with van der Waals surface area (Å²) in [4.78, 5) is 0. The highest BCUT2D eigenvalue weighted by molar-refractivity contribution is 9.10. The SMILES string of the molecule is CCCCc1nn2c(c1Br)NCCC2c1ccnn1C. The first kappa shape index (κ1) is 13.7. The number of rotatable bonds is 4. The van der Waals surface area contributed by atoms with Crippen LogP contribution >= 0.6 is 15.9 Å². The fourth-order valence-corrected chi connectivity index (χ4v) is 3.38. The lowest BCUT2D eigenvalue weighted by molar-refractivity contribution is 0.449. The third kappa shape index (κ3) is 2.26. The molecule has 3 heterocycles. The van der Waals surface area contributed by atoms with Crippen molar-refractivity contribution in [2.24, 2.45) is 7.05 Å². The monoisotopic (exact) mass is 337 g/mol. The molecule has 1 aliphatic rings. The van der Waals surface area contributed by atoms with Crippen molar-refractivity contribution in [3.63, 3.8) is 0 Å². The van der Waals surface area contributed by atoms with E-state index in [1.165, 1.54) is 18.5 Å². The highest BCUT2D eigenvalue weighted by atomic mass is 79.9. The number of aromatic nitrogens is 4. The number of nitrogens with zero attached hydrogens (tertiary/aromatic N) is 4. The summed E-state index contributed by atoms with van der Waals surface area (Å²) in [6, 6.07) is 2.35. The molecule has 0 bridgehead atoms. The molecule has 3 rings (SSSR count). The lowest BCUT2D eigenvalue weighted by atomic mass is 10.1. The van der Waals surface area contributed by atoms with Crippen LogP contribution in [0.3, 0.4) is 0 Å². The summed E-state index contributed by atoms with van der Waals surface area (Å²) in [6.07, 6.45) is 6.27. The van der Waals surface area contributed by atoms with Crippen molar-refractivity contribution in [2.75, 3.05) is 11.9 Å². The van der Waals surface area contributed by atoms with Crippen LogP contribution < -0.4 is 5.32 Å². The maximum Gasteiger partial charge on any atom is 0.139 e. The van der Waals surface area contributed by atoms with Crippen LogP contribution in [-0.2, 0) is 13.5 Å². The Kier molecular flexibility index (Phi) is 3.83. The van der Waals surface area contributed by atoms with E-state index in [-0.39, 0.29) is 6.04 Å². The molecule has 0 aromatic carbocycles. The van der Waals surface area contributed by atoms with Gasteiger partial charge in [0.05, 0.1) is 21.9 Å². The molecule has 5 nitrogen and oxygen atoms in total. The molecule has 20 heavy (non-hydrogen) atoms. The molecule has 0 radical (unpaired) electrons. The Morgan fingerprint density at radius 1 is 1.50 bits per heavy atom. The Labute approximate surface area is 127 Å². The normalized spacial score (nSPS) is 17.9. The zero-order valence-corrected chi connectivity index (χ0v) is 13.5. The van der Waals surface area contributed by atoms with E-state index in [1.54, 1.807) is 0 Å². The maximum absolute atomic E-state index is 4.83. The second kappa shape index (κ2) is 5.60. The van der Waals surface area contributed by atoms with Crippen molar-refractivity contribution in [2.45, 2.75) is 38.6 Å². The van der Waals surface area contributed by atoms with Gasteiger partial charge in [0, 0.05) is 19.8 Å². The quantitative estimate of drug-likeness (QED) is 0.932. The van der Waals surface area contributed by atoms with E-state index < -0.39 is 0 Å². The average molecular weight is 338 g/mol. The minimum atomic E-state index is 0.269. The molecule has 1 atom stereocenters. The Morgan fingerprint density at radius 2 is 2.35 bits per heavy atom. The number of fused-ring (bicyclic) bond motifs is 1. The average Bonchev–Trinajstić information content (AvgIpc) is 3.01. The maximum atomic E-state index is 4.83. The molecule has 0 amide bonds. The topological polar surface area (TPSA) is 47.7 Å².